The van der Waals surface area contributed by atoms with Gasteiger partial charge in [0.1, 0.15) is 11.3 Å². The maximum atomic E-state index is 12.5. The molecule has 3 aromatic heterocycles. The summed E-state index contributed by atoms with van der Waals surface area (Å²) in [6.07, 6.45) is 4.29. The molecule has 0 spiro atoms. The zero-order chi connectivity index (χ0) is 19.6. The van der Waals surface area contributed by atoms with Crippen molar-refractivity contribution in [3.8, 4) is 0 Å². The first-order chi connectivity index (χ1) is 12.9. The summed E-state index contributed by atoms with van der Waals surface area (Å²) in [5.74, 6) is -0.664. The molecule has 3 heterocycles. The molecule has 27 heavy (non-hydrogen) atoms. The molecule has 0 aliphatic rings. The zero-order valence-electron chi connectivity index (χ0n) is 16.0. The molecule has 3 rings (SSSR count). The summed E-state index contributed by atoms with van der Waals surface area (Å²) in [5, 5.41) is 2.88. The number of carbonyl (C=O) groups is 2. The number of aryl methyl sites for hydroxylation is 1. The second kappa shape index (κ2) is 7.65. The van der Waals surface area contributed by atoms with Gasteiger partial charge in [0.2, 0.25) is 0 Å². The van der Waals surface area contributed by atoms with Crippen molar-refractivity contribution in [1.29, 1.82) is 0 Å². The van der Waals surface area contributed by atoms with Crippen LogP contribution in [-0.2, 0) is 11.2 Å². The fourth-order valence-corrected chi connectivity index (χ4v) is 3.06. The van der Waals surface area contributed by atoms with E-state index in [1.807, 2.05) is 35.0 Å². The van der Waals surface area contributed by atoms with Crippen molar-refractivity contribution in [2.24, 2.45) is 0 Å². The lowest BCUT2D eigenvalue weighted by Crippen LogP contribution is -2.26. The minimum absolute atomic E-state index is 0.214. The molecule has 2 N–H and O–H groups in total. The molecule has 142 valence electrons. The van der Waals surface area contributed by atoms with E-state index in [1.54, 1.807) is 27.7 Å². The fraction of sp³-hybridized carbons (Fsp3) is 0.350. The molecule has 0 aromatic carbocycles. The summed E-state index contributed by atoms with van der Waals surface area (Å²) in [6, 6.07) is 5.81. The Labute approximate surface area is 157 Å². The highest BCUT2D eigenvalue weighted by atomic mass is 16.5. The lowest BCUT2D eigenvalue weighted by molar-refractivity contribution is 0.0376. The van der Waals surface area contributed by atoms with Crippen LogP contribution in [0.15, 0.2) is 30.6 Å². The van der Waals surface area contributed by atoms with Gasteiger partial charge in [0.15, 0.2) is 0 Å². The predicted octanol–water partition coefficient (Wildman–Crippen LogP) is 2.82. The van der Waals surface area contributed by atoms with E-state index in [2.05, 4.69) is 15.3 Å². The van der Waals surface area contributed by atoms with Crippen molar-refractivity contribution in [1.82, 2.24) is 19.7 Å². The first-order valence-electron chi connectivity index (χ1n) is 8.97. The summed E-state index contributed by atoms with van der Waals surface area (Å²) in [6.45, 7) is 7.55. The van der Waals surface area contributed by atoms with Crippen LogP contribution in [0.1, 0.15) is 51.6 Å². The summed E-state index contributed by atoms with van der Waals surface area (Å²) >= 11 is 0. The highest BCUT2D eigenvalue weighted by Crippen LogP contribution is 2.19. The van der Waals surface area contributed by atoms with Gasteiger partial charge in [-0.1, -0.05) is 6.07 Å². The number of pyridine rings is 1. The van der Waals surface area contributed by atoms with E-state index in [0.717, 1.165) is 11.3 Å². The SMILES string of the molecule is Cc1[nH]c(C(=O)NCCc2cn3ccccc3n2)c(C)c1C(=O)OC(C)C. The van der Waals surface area contributed by atoms with Crippen LogP contribution in [0, 0.1) is 13.8 Å². The molecule has 3 aromatic rings. The number of fused-ring (bicyclic) bond motifs is 1. The third kappa shape index (κ3) is 4.02. The number of nitrogens with zero attached hydrogens (tertiary/aromatic N) is 2. The number of rotatable bonds is 6. The van der Waals surface area contributed by atoms with Crippen LogP contribution >= 0.6 is 0 Å². The van der Waals surface area contributed by atoms with Crippen LogP contribution in [-0.4, -0.2) is 38.9 Å². The minimum Gasteiger partial charge on any atom is -0.459 e. The van der Waals surface area contributed by atoms with Crippen molar-refractivity contribution >= 4 is 17.5 Å². The van der Waals surface area contributed by atoms with E-state index < -0.39 is 5.97 Å². The molecule has 7 nitrogen and oxygen atoms in total. The highest BCUT2D eigenvalue weighted by Gasteiger charge is 2.23. The largest absolute Gasteiger partial charge is 0.459 e. The quantitative estimate of drug-likeness (QED) is 0.655. The summed E-state index contributed by atoms with van der Waals surface area (Å²) in [4.78, 5) is 32.3. The maximum absolute atomic E-state index is 12.5. The molecule has 0 fully saturated rings. The zero-order valence-corrected chi connectivity index (χ0v) is 16.0. The number of imidazole rings is 1. The Morgan fingerprint density at radius 3 is 2.78 bits per heavy atom. The molecule has 0 atom stereocenters. The van der Waals surface area contributed by atoms with Gasteiger partial charge in [-0.15, -0.1) is 0 Å². The molecule has 7 heteroatoms. The van der Waals surface area contributed by atoms with Gasteiger partial charge in [-0.25, -0.2) is 9.78 Å². The van der Waals surface area contributed by atoms with Crippen LogP contribution in [0.5, 0.6) is 0 Å². The smallest absolute Gasteiger partial charge is 0.340 e. The number of esters is 1. The number of aromatic nitrogens is 3. The van der Waals surface area contributed by atoms with E-state index in [4.69, 9.17) is 4.74 Å². The lowest BCUT2D eigenvalue weighted by atomic mass is 10.1. The number of hydrogen-bond acceptors (Lipinski definition) is 4. The first kappa shape index (κ1) is 18.7. The molecule has 0 bridgehead atoms. The molecule has 0 aliphatic heterocycles. The standard InChI is InChI=1S/C20H24N4O3/c1-12(2)27-20(26)17-13(3)18(22-14(17)4)19(25)21-9-8-15-11-24-10-6-5-7-16(24)23-15/h5-7,10-12,22H,8-9H2,1-4H3,(H,21,25). The Hall–Kier alpha value is -3.09. The van der Waals surface area contributed by atoms with Gasteiger partial charge in [0, 0.05) is 31.1 Å². The number of aromatic amines is 1. The Kier molecular flexibility index (Phi) is 5.30. The predicted molar refractivity (Wildman–Crippen MR) is 102 cm³/mol. The van der Waals surface area contributed by atoms with E-state index >= 15 is 0 Å². The van der Waals surface area contributed by atoms with Crippen LogP contribution in [0.4, 0.5) is 0 Å². The normalized spacial score (nSPS) is 11.1. The van der Waals surface area contributed by atoms with Crippen LogP contribution in [0.25, 0.3) is 5.65 Å². The first-order valence-corrected chi connectivity index (χ1v) is 8.97. The Morgan fingerprint density at radius 2 is 2.07 bits per heavy atom. The number of H-pyrrole nitrogens is 1. The number of amides is 1. The van der Waals surface area contributed by atoms with Gasteiger partial charge in [0.25, 0.3) is 5.91 Å². The third-order valence-electron chi connectivity index (χ3n) is 4.29. The second-order valence-electron chi connectivity index (χ2n) is 6.78. The molecular weight excluding hydrogens is 344 g/mol. The maximum Gasteiger partial charge on any atom is 0.340 e. The van der Waals surface area contributed by atoms with Gasteiger partial charge in [-0.3, -0.25) is 4.79 Å². The Bertz CT molecular complexity index is 951. The Morgan fingerprint density at radius 1 is 1.30 bits per heavy atom. The van der Waals surface area contributed by atoms with Crippen molar-refractivity contribution < 1.29 is 14.3 Å². The van der Waals surface area contributed by atoms with Gasteiger partial charge in [-0.2, -0.15) is 0 Å². The van der Waals surface area contributed by atoms with Gasteiger partial charge >= 0.3 is 5.97 Å². The average Bonchev–Trinajstić information content (AvgIpc) is 3.14. The number of ether oxygens (including phenoxy) is 1. The molecule has 0 aliphatic carbocycles. The molecular formula is C20H24N4O3. The van der Waals surface area contributed by atoms with E-state index in [1.165, 1.54) is 0 Å². The number of nitrogens with one attached hydrogen (secondary N) is 2. The fourth-order valence-electron chi connectivity index (χ4n) is 3.06. The van der Waals surface area contributed by atoms with Crippen LogP contribution < -0.4 is 5.32 Å². The van der Waals surface area contributed by atoms with Crippen LogP contribution in [0.2, 0.25) is 0 Å². The molecule has 0 saturated carbocycles. The van der Waals surface area contributed by atoms with Gasteiger partial charge < -0.3 is 19.4 Å². The van der Waals surface area contributed by atoms with Crippen LogP contribution in [0.3, 0.4) is 0 Å². The van der Waals surface area contributed by atoms with Crippen molar-refractivity contribution in [3.63, 3.8) is 0 Å². The lowest BCUT2D eigenvalue weighted by Gasteiger charge is -2.08. The highest BCUT2D eigenvalue weighted by molar-refractivity contribution is 6.00. The topological polar surface area (TPSA) is 88.5 Å². The molecule has 0 unspecified atom stereocenters. The van der Waals surface area contributed by atoms with Crippen molar-refractivity contribution in [2.45, 2.75) is 40.2 Å². The molecule has 0 radical (unpaired) electrons. The van der Waals surface area contributed by atoms with Crippen molar-refractivity contribution in [3.05, 3.63) is 58.8 Å². The second-order valence-corrected chi connectivity index (χ2v) is 6.78. The molecule has 0 saturated heterocycles. The van der Waals surface area contributed by atoms with E-state index in [-0.39, 0.29) is 12.0 Å². The monoisotopic (exact) mass is 368 g/mol. The average molecular weight is 368 g/mol. The van der Waals surface area contributed by atoms with Gasteiger partial charge in [0.05, 0.1) is 17.4 Å². The van der Waals surface area contributed by atoms with Gasteiger partial charge in [-0.05, 0) is 45.4 Å². The third-order valence-corrected chi connectivity index (χ3v) is 4.29. The minimum atomic E-state index is -0.417. The summed E-state index contributed by atoms with van der Waals surface area (Å²) in [7, 11) is 0. The number of carbonyl (C=O) groups excluding carboxylic acids is 2. The van der Waals surface area contributed by atoms with Crippen molar-refractivity contribution in [2.75, 3.05) is 6.54 Å². The molecule has 1 amide bonds. The Balaban J connectivity index is 1.65. The van der Waals surface area contributed by atoms with E-state index in [0.29, 0.717) is 35.5 Å². The number of hydrogen-bond donors (Lipinski definition) is 2. The summed E-state index contributed by atoms with van der Waals surface area (Å²) < 4.78 is 7.20. The van der Waals surface area contributed by atoms with E-state index in [9.17, 15) is 9.59 Å². The summed E-state index contributed by atoms with van der Waals surface area (Å²) in [5.41, 5.74) is 3.82.